The predicted octanol–water partition coefficient (Wildman–Crippen LogP) is -0.272. The number of aliphatic hydroxyl groups excluding tert-OH is 1. The lowest BCUT2D eigenvalue weighted by molar-refractivity contribution is -0.130. The number of likely N-dealkylation sites (tertiary alicyclic amines) is 1. The number of carbonyl (C=O) groups is 1. The van der Waals surface area contributed by atoms with Gasteiger partial charge in [0, 0.05) is 71.2 Å². The molecule has 1 aromatic heterocycles. The summed E-state index contributed by atoms with van der Waals surface area (Å²) in [6.07, 6.45) is 3.22. The quantitative estimate of drug-likeness (QED) is 0.802. The normalized spacial score (nSPS) is 27.5. The molecule has 2 fully saturated rings. The topological polar surface area (TPSA) is 64.8 Å². The SMILES string of the molecule is CC(=O)N1CCN([C@@H]2CN(C[C@H](O)Cn3cccn3)C[C@@H]2C)CC1. The second kappa shape index (κ2) is 7.63. The molecule has 3 heterocycles. The van der Waals surface area contributed by atoms with Crippen LogP contribution < -0.4 is 0 Å². The largest absolute Gasteiger partial charge is 0.390 e. The number of piperazine rings is 1. The summed E-state index contributed by atoms with van der Waals surface area (Å²) in [6.45, 7) is 10.8. The smallest absolute Gasteiger partial charge is 0.219 e. The molecule has 1 N–H and O–H groups in total. The van der Waals surface area contributed by atoms with E-state index in [1.54, 1.807) is 17.8 Å². The highest BCUT2D eigenvalue weighted by molar-refractivity contribution is 5.73. The van der Waals surface area contributed by atoms with E-state index in [-0.39, 0.29) is 5.91 Å². The Morgan fingerprint density at radius 3 is 2.62 bits per heavy atom. The zero-order valence-electron chi connectivity index (χ0n) is 14.7. The fourth-order valence-corrected chi connectivity index (χ4v) is 4.02. The highest BCUT2D eigenvalue weighted by Gasteiger charge is 2.36. The summed E-state index contributed by atoms with van der Waals surface area (Å²) in [5.74, 6) is 0.767. The van der Waals surface area contributed by atoms with Gasteiger partial charge in [0.05, 0.1) is 12.6 Å². The molecule has 1 aromatic rings. The third-order valence-electron chi connectivity index (χ3n) is 5.30. The Balaban J connectivity index is 1.47. The summed E-state index contributed by atoms with van der Waals surface area (Å²) in [4.78, 5) is 18.3. The Bertz CT molecular complexity index is 527. The fourth-order valence-electron chi connectivity index (χ4n) is 4.02. The van der Waals surface area contributed by atoms with Gasteiger partial charge in [-0.1, -0.05) is 6.92 Å². The van der Waals surface area contributed by atoms with E-state index in [0.717, 1.165) is 39.3 Å². The molecule has 0 aliphatic carbocycles. The van der Waals surface area contributed by atoms with E-state index in [9.17, 15) is 9.90 Å². The zero-order chi connectivity index (χ0) is 17.1. The molecule has 0 saturated carbocycles. The van der Waals surface area contributed by atoms with Crippen molar-refractivity contribution in [3.05, 3.63) is 18.5 Å². The lowest BCUT2D eigenvalue weighted by Crippen LogP contribution is -2.53. The van der Waals surface area contributed by atoms with Crippen molar-refractivity contribution in [3.8, 4) is 0 Å². The van der Waals surface area contributed by atoms with Gasteiger partial charge in [0.25, 0.3) is 0 Å². The molecule has 2 aliphatic rings. The highest BCUT2D eigenvalue weighted by atomic mass is 16.3. The molecule has 7 nitrogen and oxygen atoms in total. The number of β-amino-alcohol motifs (C(OH)–C–C–N with tert-alkyl or cyclic N) is 1. The van der Waals surface area contributed by atoms with Crippen molar-refractivity contribution in [2.24, 2.45) is 5.92 Å². The van der Waals surface area contributed by atoms with E-state index >= 15 is 0 Å². The van der Waals surface area contributed by atoms with E-state index in [4.69, 9.17) is 0 Å². The monoisotopic (exact) mass is 335 g/mol. The number of hydrogen-bond donors (Lipinski definition) is 1. The van der Waals surface area contributed by atoms with Crippen LogP contribution in [0.15, 0.2) is 18.5 Å². The van der Waals surface area contributed by atoms with Gasteiger partial charge in [0.15, 0.2) is 0 Å². The third-order valence-corrected chi connectivity index (χ3v) is 5.30. The number of aliphatic hydroxyl groups is 1. The maximum atomic E-state index is 11.5. The first kappa shape index (κ1) is 17.4. The second-order valence-electron chi connectivity index (χ2n) is 7.19. The average Bonchev–Trinajstić information content (AvgIpc) is 3.17. The molecule has 0 radical (unpaired) electrons. The average molecular weight is 335 g/mol. The van der Waals surface area contributed by atoms with E-state index in [1.807, 2.05) is 17.2 Å². The van der Waals surface area contributed by atoms with Crippen molar-refractivity contribution in [1.29, 1.82) is 0 Å². The standard InChI is InChI=1S/C17H29N5O2/c1-14-10-19(11-16(24)12-22-5-3-4-18-22)13-17(14)21-8-6-20(7-9-21)15(2)23/h3-5,14,16-17,24H,6-13H2,1-2H3/t14-,16-,17+/m0/s1. The van der Waals surface area contributed by atoms with Gasteiger partial charge >= 0.3 is 0 Å². The van der Waals surface area contributed by atoms with Crippen LogP contribution in [0, 0.1) is 5.92 Å². The Morgan fingerprint density at radius 1 is 1.25 bits per heavy atom. The first-order valence-electron chi connectivity index (χ1n) is 8.90. The van der Waals surface area contributed by atoms with Crippen LogP contribution in [-0.2, 0) is 11.3 Å². The molecule has 2 saturated heterocycles. The van der Waals surface area contributed by atoms with Crippen LogP contribution in [0.5, 0.6) is 0 Å². The molecule has 0 spiro atoms. The van der Waals surface area contributed by atoms with Gasteiger partial charge < -0.3 is 10.0 Å². The molecular formula is C17H29N5O2. The molecule has 134 valence electrons. The molecule has 0 bridgehead atoms. The molecule has 2 aliphatic heterocycles. The molecular weight excluding hydrogens is 306 g/mol. The van der Waals surface area contributed by atoms with E-state index in [0.29, 0.717) is 25.0 Å². The van der Waals surface area contributed by atoms with Crippen LogP contribution in [0.3, 0.4) is 0 Å². The number of aromatic nitrogens is 2. The minimum atomic E-state index is -0.398. The molecule has 3 atom stereocenters. The molecule has 1 amide bonds. The minimum absolute atomic E-state index is 0.178. The lowest BCUT2D eigenvalue weighted by atomic mass is 10.0. The molecule has 7 heteroatoms. The van der Waals surface area contributed by atoms with Crippen LogP contribution in [0.4, 0.5) is 0 Å². The third kappa shape index (κ3) is 4.15. The Hall–Kier alpha value is -1.44. The van der Waals surface area contributed by atoms with Gasteiger partial charge in [-0.3, -0.25) is 19.3 Å². The highest BCUT2D eigenvalue weighted by Crippen LogP contribution is 2.23. The van der Waals surface area contributed by atoms with E-state index in [2.05, 4.69) is 21.8 Å². The first-order chi connectivity index (χ1) is 11.5. The Kier molecular flexibility index (Phi) is 5.53. The van der Waals surface area contributed by atoms with Crippen LogP contribution in [-0.4, -0.2) is 93.5 Å². The maximum absolute atomic E-state index is 11.5. The van der Waals surface area contributed by atoms with Gasteiger partial charge in [0.1, 0.15) is 0 Å². The summed E-state index contributed by atoms with van der Waals surface area (Å²) in [5, 5.41) is 14.5. The van der Waals surface area contributed by atoms with Crippen molar-refractivity contribution in [2.45, 2.75) is 32.5 Å². The van der Waals surface area contributed by atoms with E-state index in [1.165, 1.54) is 0 Å². The van der Waals surface area contributed by atoms with Crippen LogP contribution in [0.2, 0.25) is 0 Å². The molecule has 0 aromatic carbocycles. The number of carbonyl (C=O) groups excluding carboxylic acids is 1. The number of nitrogens with zero attached hydrogens (tertiary/aromatic N) is 5. The molecule has 24 heavy (non-hydrogen) atoms. The summed E-state index contributed by atoms with van der Waals surface area (Å²) in [7, 11) is 0. The number of hydrogen-bond acceptors (Lipinski definition) is 5. The lowest BCUT2D eigenvalue weighted by Gasteiger charge is -2.39. The van der Waals surface area contributed by atoms with Crippen molar-refractivity contribution >= 4 is 5.91 Å². The van der Waals surface area contributed by atoms with Crippen molar-refractivity contribution in [2.75, 3.05) is 45.8 Å². The van der Waals surface area contributed by atoms with Crippen molar-refractivity contribution < 1.29 is 9.90 Å². The summed E-state index contributed by atoms with van der Waals surface area (Å²) >= 11 is 0. The van der Waals surface area contributed by atoms with Crippen LogP contribution in [0.25, 0.3) is 0 Å². The van der Waals surface area contributed by atoms with Gasteiger partial charge in [-0.05, 0) is 12.0 Å². The number of rotatable bonds is 5. The van der Waals surface area contributed by atoms with Gasteiger partial charge in [-0.15, -0.1) is 0 Å². The van der Waals surface area contributed by atoms with Crippen molar-refractivity contribution in [3.63, 3.8) is 0 Å². The second-order valence-corrected chi connectivity index (χ2v) is 7.19. The fraction of sp³-hybridized carbons (Fsp3) is 0.765. The minimum Gasteiger partial charge on any atom is -0.390 e. The van der Waals surface area contributed by atoms with Gasteiger partial charge in [-0.2, -0.15) is 5.10 Å². The first-order valence-corrected chi connectivity index (χ1v) is 8.90. The van der Waals surface area contributed by atoms with E-state index < -0.39 is 6.10 Å². The summed E-state index contributed by atoms with van der Waals surface area (Å²) < 4.78 is 1.78. The summed E-state index contributed by atoms with van der Waals surface area (Å²) in [6, 6.07) is 2.40. The zero-order valence-corrected chi connectivity index (χ0v) is 14.7. The van der Waals surface area contributed by atoms with Crippen LogP contribution in [0.1, 0.15) is 13.8 Å². The Morgan fingerprint density at radius 2 is 2.00 bits per heavy atom. The van der Waals surface area contributed by atoms with Crippen molar-refractivity contribution in [1.82, 2.24) is 24.5 Å². The van der Waals surface area contributed by atoms with Gasteiger partial charge in [-0.25, -0.2) is 0 Å². The number of amides is 1. The summed E-state index contributed by atoms with van der Waals surface area (Å²) in [5.41, 5.74) is 0. The Labute approximate surface area is 143 Å². The van der Waals surface area contributed by atoms with Crippen LogP contribution >= 0.6 is 0 Å². The predicted molar refractivity (Wildman–Crippen MR) is 91.5 cm³/mol. The molecule has 3 rings (SSSR count). The maximum Gasteiger partial charge on any atom is 0.219 e. The molecule has 0 unspecified atom stereocenters. The van der Waals surface area contributed by atoms with Gasteiger partial charge in [0.2, 0.25) is 5.91 Å².